The van der Waals surface area contributed by atoms with E-state index in [9.17, 15) is 0 Å². The van der Waals surface area contributed by atoms with Crippen molar-refractivity contribution in [2.24, 2.45) is 0 Å². The molecule has 0 aliphatic rings. The quantitative estimate of drug-likeness (QED) is 0.673. The summed E-state index contributed by atoms with van der Waals surface area (Å²) in [5.74, 6) is 0. The van der Waals surface area contributed by atoms with Gasteiger partial charge in [0, 0.05) is 11.0 Å². The monoisotopic (exact) mass is 292 g/mol. The van der Waals surface area contributed by atoms with Gasteiger partial charge in [-0.2, -0.15) is 5.26 Å². The molecule has 1 aromatic rings. The standard InChI is InChI=1S/C9H7BrCl2N2/c10-6-2-3-7(9(12)8(6)11)14-5-1-4-13/h2-3,14H,1,5H2. The highest BCUT2D eigenvalue weighted by atomic mass is 79.9. The summed E-state index contributed by atoms with van der Waals surface area (Å²) in [5.41, 5.74) is 0.745. The van der Waals surface area contributed by atoms with Crippen LogP contribution in [0.3, 0.4) is 0 Å². The molecule has 0 atom stereocenters. The van der Waals surface area contributed by atoms with Crippen molar-refractivity contribution >= 4 is 44.8 Å². The maximum Gasteiger partial charge on any atom is 0.0835 e. The fourth-order valence-corrected chi connectivity index (χ4v) is 1.76. The lowest BCUT2D eigenvalue weighted by atomic mass is 10.3. The van der Waals surface area contributed by atoms with Crippen molar-refractivity contribution in [1.29, 1.82) is 5.26 Å². The molecule has 2 nitrogen and oxygen atoms in total. The topological polar surface area (TPSA) is 35.8 Å². The third-order valence-electron chi connectivity index (χ3n) is 1.59. The summed E-state index contributed by atoms with van der Waals surface area (Å²) >= 11 is 15.1. The molecule has 74 valence electrons. The van der Waals surface area contributed by atoms with E-state index >= 15 is 0 Å². The molecular weight excluding hydrogens is 287 g/mol. The van der Waals surface area contributed by atoms with E-state index in [1.165, 1.54) is 0 Å². The van der Waals surface area contributed by atoms with Crippen molar-refractivity contribution < 1.29 is 0 Å². The maximum atomic E-state index is 8.36. The molecule has 14 heavy (non-hydrogen) atoms. The van der Waals surface area contributed by atoms with Gasteiger partial charge in [0.2, 0.25) is 0 Å². The van der Waals surface area contributed by atoms with Crippen molar-refractivity contribution in [3.8, 4) is 6.07 Å². The highest BCUT2D eigenvalue weighted by Gasteiger charge is 2.07. The molecule has 0 spiro atoms. The molecule has 0 bridgehead atoms. The minimum absolute atomic E-state index is 0.435. The molecule has 0 saturated carbocycles. The van der Waals surface area contributed by atoms with Crippen LogP contribution >= 0.6 is 39.1 Å². The van der Waals surface area contributed by atoms with E-state index in [4.69, 9.17) is 28.5 Å². The second-order valence-corrected chi connectivity index (χ2v) is 4.17. The molecule has 0 fully saturated rings. The van der Waals surface area contributed by atoms with Gasteiger partial charge in [0.1, 0.15) is 0 Å². The highest BCUT2D eigenvalue weighted by molar-refractivity contribution is 9.10. The molecular formula is C9H7BrCl2N2. The second-order valence-electron chi connectivity index (χ2n) is 2.56. The van der Waals surface area contributed by atoms with Crippen LogP contribution in [0.4, 0.5) is 5.69 Å². The second kappa shape index (κ2) is 5.45. The molecule has 0 aliphatic carbocycles. The minimum Gasteiger partial charge on any atom is -0.383 e. The van der Waals surface area contributed by atoms with Crippen LogP contribution in [-0.4, -0.2) is 6.54 Å². The Morgan fingerprint density at radius 2 is 2.07 bits per heavy atom. The number of nitrogens with one attached hydrogen (secondary N) is 1. The van der Waals surface area contributed by atoms with Gasteiger partial charge in [0.25, 0.3) is 0 Å². The van der Waals surface area contributed by atoms with E-state index in [0.717, 1.165) is 10.2 Å². The fourth-order valence-electron chi connectivity index (χ4n) is 0.915. The van der Waals surface area contributed by atoms with Crippen LogP contribution in [0.5, 0.6) is 0 Å². The minimum atomic E-state index is 0.435. The number of nitrogens with zero attached hydrogens (tertiary/aromatic N) is 1. The van der Waals surface area contributed by atoms with Crippen molar-refractivity contribution in [3.05, 3.63) is 26.7 Å². The van der Waals surface area contributed by atoms with Gasteiger partial charge < -0.3 is 5.32 Å². The van der Waals surface area contributed by atoms with Crippen molar-refractivity contribution in [3.63, 3.8) is 0 Å². The Morgan fingerprint density at radius 1 is 1.36 bits per heavy atom. The van der Waals surface area contributed by atoms with Crippen LogP contribution < -0.4 is 5.32 Å². The number of hydrogen-bond donors (Lipinski definition) is 1. The molecule has 0 unspecified atom stereocenters. The lowest BCUT2D eigenvalue weighted by Gasteiger charge is -2.08. The lowest BCUT2D eigenvalue weighted by Crippen LogP contribution is -2.00. The molecule has 0 amide bonds. The molecule has 0 saturated heterocycles. The van der Waals surface area contributed by atoms with E-state index in [2.05, 4.69) is 21.2 Å². The van der Waals surface area contributed by atoms with E-state index in [-0.39, 0.29) is 0 Å². The Labute approximate surface area is 101 Å². The van der Waals surface area contributed by atoms with Gasteiger partial charge in [0.05, 0.1) is 28.2 Å². The Kier molecular flexibility index (Phi) is 4.53. The molecule has 0 aliphatic heterocycles. The summed E-state index contributed by atoms with van der Waals surface area (Å²) in [6.07, 6.45) is 0.435. The van der Waals surface area contributed by atoms with Gasteiger partial charge in [-0.3, -0.25) is 0 Å². The average molecular weight is 294 g/mol. The average Bonchev–Trinajstić information content (AvgIpc) is 2.18. The largest absolute Gasteiger partial charge is 0.383 e. The van der Waals surface area contributed by atoms with Crippen molar-refractivity contribution in [2.45, 2.75) is 6.42 Å². The van der Waals surface area contributed by atoms with Gasteiger partial charge in [-0.15, -0.1) is 0 Å². The van der Waals surface area contributed by atoms with E-state index in [0.29, 0.717) is 23.0 Å². The molecule has 1 rings (SSSR count). The van der Waals surface area contributed by atoms with E-state index < -0.39 is 0 Å². The van der Waals surface area contributed by atoms with E-state index in [1.807, 2.05) is 18.2 Å². The maximum absolute atomic E-state index is 8.36. The van der Waals surface area contributed by atoms with Crippen LogP contribution in [0, 0.1) is 11.3 Å². The highest BCUT2D eigenvalue weighted by Crippen LogP contribution is 2.35. The van der Waals surface area contributed by atoms with Crippen LogP contribution in [0.2, 0.25) is 10.0 Å². The zero-order valence-corrected chi connectivity index (χ0v) is 10.2. The predicted octanol–water partition coefficient (Wildman–Crippen LogP) is 4.08. The third-order valence-corrected chi connectivity index (χ3v) is 3.36. The summed E-state index contributed by atoms with van der Waals surface area (Å²) in [6.45, 7) is 0.564. The molecule has 1 N–H and O–H groups in total. The number of rotatable bonds is 3. The third kappa shape index (κ3) is 2.78. The van der Waals surface area contributed by atoms with Gasteiger partial charge in [-0.1, -0.05) is 23.2 Å². The smallest absolute Gasteiger partial charge is 0.0835 e. The lowest BCUT2D eigenvalue weighted by molar-refractivity contribution is 1.08. The first-order valence-electron chi connectivity index (χ1n) is 3.91. The first-order chi connectivity index (χ1) is 6.66. The van der Waals surface area contributed by atoms with Crippen LogP contribution in [0.25, 0.3) is 0 Å². The molecule has 0 aromatic heterocycles. The molecule has 5 heteroatoms. The first kappa shape index (κ1) is 11.6. The fraction of sp³-hybridized carbons (Fsp3) is 0.222. The molecule has 0 radical (unpaired) electrons. The summed E-state index contributed by atoms with van der Waals surface area (Å²) in [4.78, 5) is 0. The van der Waals surface area contributed by atoms with Gasteiger partial charge in [0.15, 0.2) is 0 Å². The number of anilines is 1. The zero-order chi connectivity index (χ0) is 10.6. The zero-order valence-electron chi connectivity index (χ0n) is 7.15. The summed E-state index contributed by atoms with van der Waals surface area (Å²) in [6, 6.07) is 5.66. The van der Waals surface area contributed by atoms with E-state index in [1.54, 1.807) is 0 Å². The summed E-state index contributed by atoms with van der Waals surface area (Å²) < 4.78 is 0.759. The predicted molar refractivity (Wildman–Crippen MR) is 62.9 cm³/mol. The Balaban J connectivity index is 2.79. The normalized spacial score (nSPS) is 9.57. The van der Waals surface area contributed by atoms with Gasteiger partial charge >= 0.3 is 0 Å². The Bertz CT molecular complexity index is 374. The number of benzene rings is 1. The van der Waals surface area contributed by atoms with Crippen molar-refractivity contribution in [1.82, 2.24) is 0 Å². The Morgan fingerprint density at radius 3 is 2.71 bits per heavy atom. The Hall–Kier alpha value is -0.430. The number of nitriles is 1. The van der Waals surface area contributed by atoms with Gasteiger partial charge in [-0.05, 0) is 28.1 Å². The van der Waals surface area contributed by atoms with Crippen molar-refractivity contribution in [2.75, 3.05) is 11.9 Å². The first-order valence-corrected chi connectivity index (χ1v) is 5.46. The van der Waals surface area contributed by atoms with Gasteiger partial charge in [-0.25, -0.2) is 0 Å². The number of halogens is 3. The molecule has 1 aromatic carbocycles. The summed E-state index contributed by atoms with van der Waals surface area (Å²) in [5, 5.41) is 12.3. The number of hydrogen-bond acceptors (Lipinski definition) is 2. The van der Waals surface area contributed by atoms with Crippen LogP contribution in [0.15, 0.2) is 16.6 Å². The summed E-state index contributed by atoms with van der Waals surface area (Å²) in [7, 11) is 0. The SMILES string of the molecule is N#CCCNc1ccc(Br)c(Cl)c1Cl. The van der Waals surface area contributed by atoms with Crippen LogP contribution in [0.1, 0.15) is 6.42 Å². The van der Waals surface area contributed by atoms with Crippen LogP contribution in [-0.2, 0) is 0 Å². The molecule has 0 heterocycles.